The maximum absolute atomic E-state index is 5.27. The molecule has 2 aromatic rings. The zero-order chi connectivity index (χ0) is 9.97. The van der Waals surface area contributed by atoms with E-state index < -0.39 is 0 Å². The van der Waals surface area contributed by atoms with E-state index in [4.69, 9.17) is 6.42 Å². The minimum Gasteiger partial charge on any atom is -0.355 e. The van der Waals surface area contributed by atoms with Crippen molar-refractivity contribution in [3.8, 4) is 12.3 Å². The van der Waals surface area contributed by atoms with Crippen LogP contribution in [0.1, 0.15) is 6.92 Å². The molecule has 0 radical (unpaired) electrons. The van der Waals surface area contributed by atoms with Crippen molar-refractivity contribution in [2.24, 2.45) is 0 Å². The van der Waals surface area contributed by atoms with Gasteiger partial charge in [0.1, 0.15) is 16.7 Å². The highest BCUT2D eigenvalue weighted by Crippen LogP contribution is 2.20. The molecule has 2 heterocycles. The van der Waals surface area contributed by atoms with Crippen molar-refractivity contribution in [1.82, 2.24) is 15.0 Å². The third-order valence-electron chi connectivity index (χ3n) is 1.74. The molecule has 0 saturated heterocycles. The van der Waals surface area contributed by atoms with Gasteiger partial charge >= 0.3 is 0 Å². The predicted molar refractivity (Wildman–Crippen MR) is 57.1 cm³/mol. The minimum absolute atomic E-state index is 0.0604. The molecule has 0 aliphatic carbocycles. The number of terminal acetylenes is 1. The zero-order valence-electron chi connectivity index (χ0n) is 7.56. The van der Waals surface area contributed by atoms with Crippen LogP contribution in [0.4, 0.5) is 5.82 Å². The molecular formula is C9H8N4S. The monoisotopic (exact) mass is 204 g/mol. The molecule has 1 unspecified atom stereocenters. The van der Waals surface area contributed by atoms with Crippen LogP contribution in [0, 0.1) is 12.3 Å². The van der Waals surface area contributed by atoms with Crippen LogP contribution in [-0.2, 0) is 0 Å². The number of aromatic nitrogens is 3. The van der Waals surface area contributed by atoms with Gasteiger partial charge in [0.05, 0.1) is 11.6 Å². The molecule has 0 aliphatic heterocycles. The van der Waals surface area contributed by atoms with Gasteiger partial charge in [0.15, 0.2) is 5.82 Å². The summed E-state index contributed by atoms with van der Waals surface area (Å²) < 4.78 is 0. The van der Waals surface area contributed by atoms with Crippen LogP contribution in [0.5, 0.6) is 0 Å². The van der Waals surface area contributed by atoms with E-state index in [1.165, 1.54) is 17.7 Å². The highest BCUT2D eigenvalue weighted by atomic mass is 32.1. The van der Waals surface area contributed by atoms with E-state index in [0.717, 1.165) is 10.3 Å². The number of nitrogens with one attached hydrogen (secondary N) is 1. The molecule has 1 N–H and O–H groups in total. The smallest absolute Gasteiger partial charge is 0.157 e. The lowest BCUT2D eigenvalue weighted by Crippen LogP contribution is -2.13. The first-order valence-corrected chi connectivity index (χ1v) is 4.96. The quantitative estimate of drug-likeness (QED) is 0.753. The Morgan fingerprint density at radius 1 is 1.50 bits per heavy atom. The van der Waals surface area contributed by atoms with Gasteiger partial charge in [-0.25, -0.2) is 15.0 Å². The molecule has 2 aromatic heterocycles. The largest absolute Gasteiger partial charge is 0.355 e. The minimum atomic E-state index is -0.0604. The van der Waals surface area contributed by atoms with Crippen molar-refractivity contribution >= 4 is 27.5 Å². The van der Waals surface area contributed by atoms with Gasteiger partial charge < -0.3 is 5.32 Å². The molecule has 1 atom stereocenters. The summed E-state index contributed by atoms with van der Waals surface area (Å²) in [5.74, 6) is 3.27. The fourth-order valence-electron chi connectivity index (χ4n) is 1.05. The van der Waals surface area contributed by atoms with Gasteiger partial charge in [-0.15, -0.1) is 17.8 Å². The SMILES string of the molecule is C#CC(C)Nc1ncnc2scnc12. The van der Waals surface area contributed by atoms with Crippen LogP contribution in [0.2, 0.25) is 0 Å². The van der Waals surface area contributed by atoms with Crippen molar-refractivity contribution in [3.05, 3.63) is 11.8 Å². The highest BCUT2D eigenvalue weighted by molar-refractivity contribution is 7.16. The van der Waals surface area contributed by atoms with Crippen LogP contribution in [0.3, 0.4) is 0 Å². The molecular weight excluding hydrogens is 196 g/mol. The second-order valence-electron chi connectivity index (χ2n) is 2.76. The Morgan fingerprint density at radius 2 is 2.36 bits per heavy atom. The van der Waals surface area contributed by atoms with Crippen molar-refractivity contribution < 1.29 is 0 Å². The first-order valence-electron chi connectivity index (χ1n) is 4.08. The number of hydrogen-bond acceptors (Lipinski definition) is 5. The maximum atomic E-state index is 5.27. The van der Waals surface area contributed by atoms with Gasteiger partial charge in [-0.1, -0.05) is 5.92 Å². The summed E-state index contributed by atoms with van der Waals surface area (Å²) in [6.45, 7) is 1.89. The molecule has 0 spiro atoms. The summed E-state index contributed by atoms with van der Waals surface area (Å²) >= 11 is 1.48. The van der Waals surface area contributed by atoms with E-state index in [1.54, 1.807) is 5.51 Å². The molecule has 5 heteroatoms. The van der Waals surface area contributed by atoms with Crippen LogP contribution < -0.4 is 5.32 Å². The Labute approximate surface area is 85.4 Å². The lowest BCUT2D eigenvalue weighted by molar-refractivity contribution is 1.01. The maximum Gasteiger partial charge on any atom is 0.157 e. The van der Waals surface area contributed by atoms with E-state index in [0.29, 0.717) is 5.82 Å². The fraction of sp³-hybridized carbons (Fsp3) is 0.222. The van der Waals surface area contributed by atoms with Gasteiger partial charge in [0.2, 0.25) is 0 Å². The van der Waals surface area contributed by atoms with E-state index in [1.807, 2.05) is 6.92 Å². The first-order chi connectivity index (χ1) is 6.81. The second-order valence-corrected chi connectivity index (χ2v) is 3.59. The summed E-state index contributed by atoms with van der Waals surface area (Å²) in [7, 11) is 0. The van der Waals surface area contributed by atoms with Gasteiger partial charge in [-0.05, 0) is 6.92 Å². The Bertz CT molecular complexity index is 485. The summed E-state index contributed by atoms with van der Waals surface area (Å²) in [5, 5.41) is 3.08. The first kappa shape index (κ1) is 8.91. The number of rotatable bonds is 2. The average molecular weight is 204 g/mol. The number of nitrogens with zero attached hydrogens (tertiary/aromatic N) is 3. The van der Waals surface area contributed by atoms with Crippen molar-refractivity contribution in [2.45, 2.75) is 13.0 Å². The number of anilines is 1. The molecule has 70 valence electrons. The van der Waals surface area contributed by atoms with Crippen molar-refractivity contribution in [3.63, 3.8) is 0 Å². The van der Waals surface area contributed by atoms with E-state index in [9.17, 15) is 0 Å². The Hall–Kier alpha value is -1.67. The topological polar surface area (TPSA) is 50.7 Å². The molecule has 0 aliphatic rings. The fourth-order valence-corrected chi connectivity index (χ4v) is 1.67. The molecule has 0 bridgehead atoms. The third-order valence-corrected chi connectivity index (χ3v) is 2.47. The van der Waals surface area contributed by atoms with Crippen molar-refractivity contribution in [2.75, 3.05) is 5.32 Å². The van der Waals surface area contributed by atoms with E-state index in [-0.39, 0.29) is 6.04 Å². The van der Waals surface area contributed by atoms with Gasteiger partial charge in [-0.3, -0.25) is 0 Å². The molecule has 0 amide bonds. The van der Waals surface area contributed by atoms with E-state index in [2.05, 4.69) is 26.2 Å². The summed E-state index contributed by atoms with van der Waals surface area (Å²) in [4.78, 5) is 13.2. The average Bonchev–Trinajstić information content (AvgIpc) is 2.66. The summed E-state index contributed by atoms with van der Waals surface area (Å²) in [6, 6.07) is -0.0604. The van der Waals surface area contributed by atoms with Gasteiger partial charge in [0.25, 0.3) is 0 Å². The molecule has 0 fully saturated rings. The van der Waals surface area contributed by atoms with Crippen LogP contribution in [0.15, 0.2) is 11.8 Å². The Balaban J connectivity index is 2.42. The summed E-state index contributed by atoms with van der Waals surface area (Å²) in [6.07, 6.45) is 6.77. The van der Waals surface area contributed by atoms with Crippen LogP contribution in [0.25, 0.3) is 10.3 Å². The molecule has 4 nitrogen and oxygen atoms in total. The number of fused-ring (bicyclic) bond motifs is 1. The summed E-state index contributed by atoms with van der Waals surface area (Å²) in [5.41, 5.74) is 2.52. The van der Waals surface area contributed by atoms with Crippen LogP contribution >= 0.6 is 11.3 Å². The predicted octanol–water partition coefficient (Wildman–Crippen LogP) is 1.52. The Kier molecular flexibility index (Phi) is 2.29. The lowest BCUT2D eigenvalue weighted by atomic mass is 10.3. The van der Waals surface area contributed by atoms with E-state index >= 15 is 0 Å². The molecule has 0 saturated carbocycles. The van der Waals surface area contributed by atoms with Crippen molar-refractivity contribution in [1.29, 1.82) is 0 Å². The highest BCUT2D eigenvalue weighted by Gasteiger charge is 2.07. The van der Waals surface area contributed by atoms with Gasteiger partial charge in [-0.2, -0.15) is 0 Å². The molecule has 14 heavy (non-hydrogen) atoms. The normalized spacial score (nSPS) is 12.3. The Morgan fingerprint density at radius 3 is 3.14 bits per heavy atom. The number of hydrogen-bond donors (Lipinski definition) is 1. The standard InChI is InChI=1S/C9H8N4S/c1-3-6(2)13-8-7-9(11-4-10-8)14-5-12-7/h1,4-6H,2H3,(H,10,11,13). The second kappa shape index (κ2) is 3.60. The molecule has 0 aromatic carbocycles. The third kappa shape index (κ3) is 1.52. The lowest BCUT2D eigenvalue weighted by Gasteiger charge is -2.07. The zero-order valence-corrected chi connectivity index (χ0v) is 8.38. The molecule has 2 rings (SSSR count). The van der Waals surface area contributed by atoms with Crippen LogP contribution in [-0.4, -0.2) is 21.0 Å². The number of thiazole rings is 1. The van der Waals surface area contributed by atoms with Gasteiger partial charge in [0, 0.05) is 0 Å².